The van der Waals surface area contributed by atoms with Gasteiger partial charge in [0, 0.05) is 13.1 Å². The van der Waals surface area contributed by atoms with Gasteiger partial charge >= 0.3 is 5.69 Å². The lowest BCUT2D eigenvalue weighted by Crippen LogP contribution is -2.47. The first-order valence-corrected chi connectivity index (χ1v) is 7.60. The number of anilines is 2. The number of nitrogen functional groups attached to an aromatic ring is 1. The lowest BCUT2D eigenvalue weighted by molar-refractivity contribution is 0.240. The average Bonchev–Trinajstić information content (AvgIpc) is 2.47. The van der Waals surface area contributed by atoms with Crippen LogP contribution >= 0.6 is 0 Å². The predicted molar refractivity (Wildman–Crippen MR) is 82.7 cm³/mol. The lowest BCUT2D eigenvalue weighted by Gasteiger charge is -2.36. The van der Waals surface area contributed by atoms with Gasteiger partial charge in [0.15, 0.2) is 0 Å². The Kier molecular flexibility index (Phi) is 5.06. The number of aliphatic hydroxyl groups excluding tert-OH is 1. The molecule has 0 aliphatic carbocycles. The molecular formula is C14H24N4O3. The summed E-state index contributed by atoms with van der Waals surface area (Å²) in [4.78, 5) is 28.3. The highest BCUT2D eigenvalue weighted by Crippen LogP contribution is 2.25. The van der Waals surface area contributed by atoms with Crippen molar-refractivity contribution in [2.45, 2.75) is 51.6 Å². The Morgan fingerprint density at radius 3 is 2.81 bits per heavy atom. The minimum atomic E-state index is -0.467. The Labute approximate surface area is 123 Å². The van der Waals surface area contributed by atoms with E-state index in [0.29, 0.717) is 18.8 Å². The zero-order valence-corrected chi connectivity index (χ0v) is 12.5. The summed E-state index contributed by atoms with van der Waals surface area (Å²) < 4.78 is 1.42. The molecule has 1 aliphatic rings. The molecule has 0 amide bonds. The summed E-state index contributed by atoms with van der Waals surface area (Å²) in [6.45, 7) is 3.17. The van der Waals surface area contributed by atoms with E-state index in [4.69, 9.17) is 5.73 Å². The number of nitrogens with zero attached hydrogens (tertiary/aromatic N) is 2. The number of aromatic amines is 1. The number of H-pyrrole nitrogens is 1. The van der Waals surface area contributed by atoms with Crippen LogP contribution in [-0.4, -0.2) is 33.9 Å². The Hall–Kier alpha value is -1.76. The number of hydrogen-bond donors (Lipinski definition) is 3. The van der Waals surface area contributed by atoms with Crippen LogP contribution in [-0.2, 0) is 6.54 Å². The summed E-state index contributed by atoms with van der Waals surface area (Å²) in [7, 11) is 0. The largest absolute Gasteiger partial charge is 0.394 e. The molecule has 1 aromatic heterocycles. The Balaban J connectivity index is 2.47. The zero-order chi connectivity index (χ0) is 15.4. The highest BCUT2D eigenvalue weighted by Gasteiger charge is 2.27. The van der Waals surface area contributed by atoms with Crippen LogP contribution in [0.25, 0.3) is 0 Å². The van der Waals surface area contributed by atoms with E-state index in [9.17, 15) is 14.7 Å². The molecule has 4 N–H and O–H groups in total. The van der Waals surface area contributed by atoms with Crippen LogP contribution in [0.3, 0.4) is 0 Å². The summed E-state index contributed by atoms with van der Waals surface area (Å²) in [5.74, 6) is 0.206. The van der Waals surface area contributed by atoms with E-state index in [-0.39, 0.29) is 18.5 Å². The van der Waals surface area contributed by atoms with Crippen molar-refractivity contribution < 1.29 is 5.11 Å². The predicted octanol–water partition coefficient (Wildman–Crippen LogP) is 0.270. The number of nitrogens with two attached hydrogens (primary N) is 1. The van der Waals surface area contributed by atoms with Gasteiger partial charge in [0.25, 0.3) is 5.56 Å². The quantitative estimate of drug-likeness (QED) is 0.723. The smallest absolute Gasteiger partial charge is 0.330 e. The first kappa shape index (κ1) is 15.6. The van der Waals surface area contributed by atoms with Crippen LogP contribution in [0.2, 0.25) is 0 Å². The third kappa shape index (κ3) is 3.12. The number of rotatable bonds is 5. The maximum absolute atomic E-state index is 12.2. The molecule has 1 aromatic rings. The number of unbranched alkanes of at least 4 members (excludes halogenated alkanes) is 1. The van der Waals surface area contributed by atoms with Crippen molar-refractivity contribution in [3.8, 4) is 0 Å². The number of hydrogen-bond acceptors (Lipinski definition) is 5. The standard InChI is InChI=1S/C14H24N4O3/c1-2-3-7-18-12(15)11(13(20)16-14(18)21)17-8-5-4-6-10(17)9-19/h10,19H,2-9,15H2,1H3,(H,16,20,21). The van der Waals surface area contributed by atoms with E-state index in [1.807, 2.05) is 11.8 Å². The van der Waals surface area contributed by atoms with Gasteiger partial charge in [0.1, 0.15) is 11.5 Å². The molecule has 1 fully saturated rings. The molecule has 0 aromatic carbocycles. The van der Waals surface area contributed by atoms with Crippen LogP contribution in [0.5, 0.6) is 0 Å². The van der Waals surface area contributed by atoms with Crippen LogP contribution in [0.4, 0.5) is 11.5 Å². The van der Waals surface area contributed by atoms with Gasteiger partial charge in [-0.25, -0.2) is 4.79 Å². The molecule has 0 spiro atoms. The van der Waals surface area contributed by atoms with Gasteiger partial charge in [-0.3, -0.25) is 14.3 Å². The van der Waals surface area contributed by atoms with E-state index < -0.39 is 11.2 Å². The fraction of sp³-hybridized carbons (Fsp3) is 0.714. The first-order chi connectivity index (χ1) is 10.1. The summed E-state index contributed by atoms with van der Waals surface area (Å²) >= 11 is 0. The second-order valence-corrected chi connectivity index (χ2v) is 5.52. The number of piperidine rings is 1. The van der Waals surface area contributed by atoms with Crippen LogP contribution in [0.15, 0.2) is 9.59 Å². The van der Waals surface area contributed by atoms with Crippen molar-refractivity contribution in [3.63, 3.8) is 0 Å². The molecule has 0 saturated carbocycles. The molecule has 118 valence electrons. The summed E-state index contributed by atoms with van der Waals surface area (Å²) in [5, 5.41) is 9.51. The lowest BCUT2D eigenvalue weighted by atomic mass is 10.0. The van der Waals surface area contributed by atoms with Crippen molar-refractivity contribution in [3.05, 3.63) is 20.8 Å². The molecule has 2 rings (SSSR count). The fourth-order valence-corrected chi connectivity index (χ4v) is 2.88. The van der Waals surface area contributed by atoms with Crippen LogP contribution in [0.1, 0.15) is 39.0 Å². The van der Waals surface area contributed by atoms with Gasteiger partial charge in [0.05, 0.1) is 12.6 Å². The topological polar surface area (TPSA) is 104 Å². The van der Waals surface area contributed by atoms with E-state index in [2.05, 4.69) is 4.98 Å². The van der Waals surface area contributed by atoms with Gasteiger partial charge in [-0.1, -0.05) is 13.3 Å². The molecule has 2 heterocycles. The van der Waals surface area contributed by atoms with Crippen molar-refractivity contribution >= 4 is 11.5 Å². The summed E-state index contributed by atoms with van der Waals surface area (Å²) in [5.41, 5.74) is 5.48. The molecular weight excluding hydrogens is 272 g/mol. The van der Waals surface area contributed by atoms with Crippen molar-refractivity contribution in [2.75, 3.05) is 23.8 Å². The summed E-state index contributed by atoms with van der Waals surface area (Å²) in [6, 6.07) is -0.112. The third-order valence-corrected chi connectivity index (χ3v) is 4.07. The van der Waals surface area contributed by atoms with Gasteiger partial charge in [-0.05, 0) is 25.7 Å². The molecule has 7 heteroatoms. The Morgan fingerprint density at radius 2 is 2.14 bits per heavy atom. The van der Waals surface area contributed by atoms with Crippen molar-refractivity contribution in [2.24, 2.45) is 0 Å². The van der Waals surface area contributed by atoms with Gasteiger partial charge in [-0.2, -0.15) is 0 Å². The first-order valence-electron chi connectivity index (χ1n) is 7.60. The maximum atomic E-state index is 12.2. The van der Waals surface area contributed by atoms with Gasteiger partial charge in [-0.15, -0.1) is 0 Å². The zero-order valence-electron chi connectivity index (χ0n) is 12.5. The van der Waals surface area contributed by atoms with E-state index in [1.54, 1.807) is 0 Å². The molecule has 1 saturated heterocycles. The fourth-order valence-electron chi connectivity index (χ4n) is 2.88. The SMILES string of the molecule is CCCCn1c(N)c(N2CCCCC2CO)c(=O)[nH]c1=O. The van der Waals surface area contributed by atoms with E-state index >= 15 is 0 Å². The second-order valence-electron chi connectivity index (χ2n) is 5.52. The molecule has 7 nitrogen and oxygen atoms in total. The minimum absolute atomic E-state index is 0.0209. The highest BCUT2D eigenvalue weighted by atomic mass is 16.3. The van der Waals surface area contributed by atoms with Crippen molar-refractivity contribution in [1.82, 2.24) is 9.55 Å². The Bertz CT molecular complexity index is 593. The minimum Gasteiger partial charge on any atom is -0.394 e. The number of aliphatic hydroxyl groups is 1. The third-order valence-electron chi connectivity index (χ3n) is 4.07. The second kappa shape index (κ2) is 6.80. The van der Waals surface area contributed by atoms with E-state index in [1.165, 1.54) is 4.57 Å². The molecule has 0 radical (unpaired) electrons. The molecule has 1 unspecified atom stereocenters. The van der Waals surface area contributed by atoms with Crippen molar-refractivity contribution in [1.29, 1.82) is 0 Å². The highest BCUT2D eigenvalue weighted by molar-refractivity contribution is 5.63. The maximum Gasteiger partial charge on any atom is 0.330 e. The van der Waals surface area contributed by atoms with Crippen LogP contribution < -0.4 is 21.9 Å². The van der Waals surface area contributed by atoms with Crippen LogP contribution in [0, 0.1) is 0 Å². The average molecular weight is 296 g/mol. The Morgan fingerprint density at radius 1 is 1.38 bits per heavy atom. The number of aromatic nitrogens is 2. The number of nitrogens with one attached hydrogen (secondary N) is 1. The molecule has 0 bridgehead atoms. The monoisotopic (exact) mass is 296 g/mol. The normalized spacial score (nSPS) is 19.0. The molecule has 1 aliphatic heterocycles. The van der Waals surface area contributed by atoms with Gasteiger partial charge in [0.2, 0.25) is 0 Å². The van der Waals surface area contributed by atoms with Gasteiger partial charge < -0.3 is 15.7 Å². The van der Waals surface area contributed by atoms with E-state index in [0.717, 1.165) is 32.1 Å². The molecule has 21 heavy (non-hydrogen) atoms. The summed E-state index contributed by atoms with van der Waals surface area (Å²) in [6.07, 6.45) is 4.55. The molecule has 1 atom stereocenters.